The number of fused-ring (bicyclic) bond motifs is 1. The van der Waals surface area contributed by atoms with Crippen LogP contribution in [0.2, 0.25) is 0 Å². The molecule has 1 heterocycles. The Morgan fingerprint density at radius 2 is 1.75 bits per heavy atom. The molecule has 4 rings (SSSR count). The van der Waals surface area contributed by atoms with E-state index in [1.165, 1.54) is 12.1 Å². The SMILES string of the molecule is COc1cc2c(cc1OC)[C@H](COc1ccc(F)cc1)N(C(=O)c1ccccc1Br)CC2. The molecule has 166 valence electrons. The fourth-order valence-electron chi connectivity index (χ4n) is 3.95. The maximum atomic E-state index is 13.5. The Kier molecular flexibility index (Phi) is 6.65. The van der Waals surface area contributed by atoms with Gasteiger partial charge in [0.2, 0.25) is 0 Å². The van der Waals surface area contributed by atoms with E-state index in [4.69, 9.17) is 14.2 Å². The molecule has 0 aliphatic carbocycles. The predicted molar refractivity (Wildman–Crippen MR) is 123 cm³/mol. The zero-order chi connectivity index (χ0) is 22.7. The zero-order valence-electron chi connectivity index (χ0n) is 17.8. The summed E-state index contributed by atoms with van der Waals surface area (Å²) >= 11 is 3.49. The monoisotopic (exact) mass is 499 g/mol. The summed E-state index contributed by atoms with van der Waals surface area (Å²) in [6, 6.07) is 16.7. The van der Waals surface area contributed by atoms with E-state index >= 15 is 0 Å². The van der Waals surface area contributed by atoms with Gasteiger partial charge in [-0.15, -0.1) is 0 Å². The summed E-state index contributed by atoms with van der Waals surface area (Å²) in [5.41, 5.74) is 2.60. The van der Waals surface area contributed by atoms with Crippen LogP contribution in [0.25, 0.3) is 0 Å². The van der Waals surface area contributed by atoms with E-state index < -0.39 is 0 Å². The van der Waals surface area contributed by atoms with Crippen LogP contribution in [0.1, 0.15) is 27.5 Å². The number of methoxy groups -OCH3 is 2. The van der Waals surface area contributed by atoms with Crippen molar-refractivity contribution in [3.05, 3.63) is 87.6 Å². The van der Waals surface area contributed by atoms with Crippen LogP contribution in [0.4, 0.5) is 4.39 Å². The van der Waals surface area contributed by atoms with Crippen molar-refractivity contribution in [2.75, 3.05) is 27.4 Å². The normalized spacial score (nSPS) is 15.1. The first kappa shape index (κ1) is 22.1. The molecule has 0 radical (unpaired) electrons. The average Bonchev–Trinajstić information content (AvgIpc) is 2.82. The van der Waals surface area contributed by atoms with E-state index in [0.29, 0.717) is 35.8 Å². The van der Waals surface area contributed by atoms with Gasteiger partial charge in [0.15, 0.2) is 11.5 Å². The highest BCUT2D eigenvalue weighted by Crippen LogP contribution is 2.39. The van der Waals surface area contributed by atoms with Crippen molar-refractivity contribution in [2.24, 2.45) is 0 Å². The smallest absolute Gasteiger partial charge is 0.255 e. The molecule has 0 bridgehead atoms. The van der Waals surface area contributed by atoms with E-state index in [1.54, 1.807) is 32.4 Å². The third-order valence-corrected chi connectivity index (χ3v) is 6.28. The lowest BCUT2D eigenvalue weighted by Crippen LogP contribution is -2.42. The van der Waals surface area contributed by atoms with Crippen LogP contribution in [0.15, 0.2) is 65.1 Å². The van der Waals surface area contributed by atoms with Crippen molar-refractivity contribution in [3.63, 3.8) is 0 Å². The highest BCUT2D eigenvalue weighted by Gasteiger charge is 2.34. The minimum absolute atomic E-state index is 0.0920. The molecule has 7 heteroatoms. The molecule has 1 atom stereocenters. The van der Waals surface area contributed by atoms with Crippen molar-refractivity contribution >= 4 is 21.8 Å². The van der Waals surface area contributed by atoms with E-state index in [9.17, 15) is 9.18 Å². The number of carbonyl (C=O) groups is 1. The fraction of sp³-hybridized carbons (Fsp3) is 0.240. The maximum Gasteiger partial charge on any atom is 0.255 e. The summed E-state index contributed by atoms with van der Waals surface area (Å²) in [5, 5.41) is 0. The molecule has 5 nitrogen and oxygen atoms in total. The topological polar surface area (TPSA) is 48.0 Å². The van der Waals surface area contributed by atoms with Gasteiger partial charge < -0.3 is 19.1 Å². The number of amides is 1. The number of hydrogen-bond acceptors (Lipinski definition) is 4. The summed E-state index contributed by atoms with van der Waals surface area (Å²) < 4.78 is 31.0. The second kappa shape index (κ2) is 9.61. The Bertz CT molecular complexity index is 1120. The Labute approximate surface area is 194 Å². The van der Waals surface area contributed by atoms with Crippen LogP contribution < -0.4 is 14.2 Å². The number of ether oxygens (including phenoxy) is 3. The molecule has 1 amide bonds. The first-order valence-corrected chi connectivity index (χ1v) is 11.0. The molecular weight excluding hydrogens is 477 g/mol. The molecule has 0 spiro atoms. The van der Waals surface area contributed by atoms with Crippen molar-refractivity contribution in [2.45, 2.75) is 12.5 Å². The highest BCUT2D eigenvalue weighted by atomic mass is 79.9. The van der Waals surface area contributed by atoms with Crippen LogP contribution in [-0.4, -0.2) is 38.2 Å². The lowest BCUT2D eigenvalue weighted by atomic mass is 9.91. The third kappa shape index (κ3) is 4.43. The van der Waals surface area contributed by atoms with Crippen LogP contribution in [0.5, 0.6) is 17.2 Å². The van der Waals surface area contributed by atoms with Gasteiger partial charge in [-0.1, -0.05) is 12.1 Å². The van der Waals surface area contributed by atoms with Gasteiger partial charge in [-0.05, 0) is 82.0 Å². The molecule has 0 saturated carbocycles. The van der Waals surface area contributed by atoms with Gasteiger partial charge in [0.25, 0.3) is 5.91 Å². The molecule has 0 saturated heterocycles. The third-order valence-electron chi connectivity index (χ3n) is 5.59. The van der Waals surface area contributed by atoms with Crippen molar-refractivity contribution in [1.82, 2.24) is 4.90 Å². The van der Waals surface area contributed by atoms with Crippen LogP contribution in [0.3, 0.4) is 0 Å². The maximum absolute atomic E-state index is 13.5. The number of nitrogens with zero attached hydrogens (tertiary/aromatic N) is 1. The Balaban J connectivity index is 1.71. The van der Waals surface area contributed by atoms with Crippen LogP contribution in [0, 0.1) is 5.82 Å². The quantitative estimate of drug-likeness (QED) is 0.454. The van der Waals surface area contributed by atoms with Crippen molar-refractivity contribution in [3.8, 4) is 17.2 Å². The van der Waals surface area contributed by atoms with Gasteiger partial charge in [-0.2, -0.15) is 0 Å². The van der Waals surface area contributed by atoms with E-state index in [-0.39, 0.29) is 24.4 Å². The second-order valence-corrected chi connectivity index (χ2v) is 8.27. The Hall–Kier alpha value is -3.06. The van der Waals surface area contributed by atoms with Gasteiger partial charge in [0.1, 0.15) is 18.2 Å². The largest absolute Gasteiger partial charge is 0.493 e. The fourth-order valence-corrected chi connectivity index (χ4v) is 4.40. The number of halogens is 2. The van der Waals surface area contributed by atoms with Gasteiger partial charge in [0, 0.05) is 11.0 Å². The molecule has 0 aromatic heterocycles. The second-order valence-electron chi connectivity index (χ2n) is 7.42. The van der Waals surface area contributed by atoms with Crippen LogP contribution >= 0.6 is 15.9 Å². The lowest BCUT2D eigenvalue weighted by Gasteiger charge is -2.38. The standard InChI is InChI=1S/C25H23BrFNO4/c1-30-23-13-16-11-12-28(25(29)19-5-3-4-6-21(19)26)22(20(16)14-24(23)31-2)15-32-18-9-7-17(27)8-10-18/h3-10,13-14,22H,11-12,15H2,1-2H3/t22-/m0/s1. The summed E-state index contributed by atoms with van der Waals surface area (Å²) in [5.74, 6) is 1.35. The van der Waals surface area contributed by atoms with Crippen LogP contribution in [-0.2, 0) is 6.42 Å². The zero-order valence-corrected chi connectivity index (χ0v) is 19.4. The minimum Gasteiger partial charge on any atom is -0.493 e. The molecule has 32 heavy (non-hydrogen) atoms. The van der Waals surface area contributed by atoms with E-state index in [1.807, 2.05) is 35.2 Å². The van der Waals surface area contributed by atoms with Gasteiger partial charge in [0.05, 0.1) is 25.8 Å². The number of carbonyl (C=O) groups excluding carboxylic acids is 1. The van der Waals surface area contributed by atoms with E-state index in [0.717, 1.165) is 15.6 Å². The first-order chi connectivity index (χ1) is 15.5. The molecule has 0 fully saturated rings. The molecule has 1 aliphatic rings. The van der Waals surface area contributed by atoms with Crippen molar-refractivity contribution in [1.29, 1.82) is 0 Å². The number of hydrogen-bond donors (Lipinski definition) is 0. The van der Waals surface area contributed by atoms with Gasteiger partial charge in [-0.25, -0.2) is 4.39 Å². The summed E-state index contributed by atoms with van der Waals surface area (Å²) in [6.07, 6.45) is 0.679. The average molecular weight is 500 g/mol. The van der Waals surface area contributed by atoms with Gasteiger partial charge >= 0.3 is 0 Å². The molecule has 1 aliphatic heterocycles. The number of benzene rings is 3. The molecule has 0 unspecified atom stereocenters. The van der Waals surface area contributed by atoms with Crippen molar-refractivity contribution < 1.29 is 23.4 Å². The van der Waals surface area contributed by atoms with E-state index in [2.05, 4.69) is 15.9 Å². The predicted octanol–water partition coefficient (Wildman–Crippen LogP) is 5.42. The number of rotatable bonds is 6. The molecular formula is C25H23BrFNO4. The molecule has 3 aromatic rings. The minimum atomic E-state index is -0.358. The molecule has 0 N–H and O–H groups in total. The van der Waals surface area contributed by atoms with Gasteiger partial charge in [-0.3, -0.25) is 4.79 Å². The lowest BCUT2D eigenvalue weighted by molar-refractivity contribution is 0.0588. The summed E-state index contributed by atoms with van der Waals surface area (Å²) in [7, 11) is 3.19. The first-order valence-electron chi connectivity index (χ1n) is 10.2. The Morgan fingerprint density at radius 3 is 2.44 bits per heavy atom. The molecule has 3 aromatic carbocycles. The summed E-state index contributed by atoms with van der Waals surface area (Å²) in [6.45, 7) is 0.740. The highest BCUT2D eigenvalue weighted by molar-refractivity contribution is 9.10. The Morgan fingerprint density at radius 1 is 1.06 bits per heavy atom. The summed E-state index contributed by atoms with van der Waals surface area (Å²) in [4.78, 5) is 15.3.